The van der Waals surface area contributed by atoms with Gasteiger partial charge in [0, 0.05) is 29.4 Å². The van der Waals surface area contributed by atoms with Crippen LogP contribution in [-0.2, 0) is 4.79 Å². The summed E-state index contributed by atoms with van der Waals surface area (Å²) in [5.74, 6) is -0.421. The first-order chi connectivity index (χ1) is 12.4. The molecule has 0 aliphatic carbocycles. The third kappa shape index (κ3) is 3.52. The SMILES string of the molecule is CC(=O)c1cccc(C(=O)N2CC(=O)N(c3cccc(C)c3)CC2C)c1. The molecule has 0 aromatic heterocycles. The van der Waals surface area contributed by atoms with Gasteiger partial charge < -0.3 is 9.80 Å². The largest absolute Gasteiger partial charge is 0.325 e. The normalized spacial score (nSPS) is 17.3. The van der Waals surface area contributed by atoms with Gasteiger partial charge in [-0.25, -0.2) is 0 Å². The Kier molecular flexibility index (Phi) is 4.89. The van der Waals surface area contributed by atoms with E-state index in [1.807, 2.05) is 38.1 Å². The average Bonchev–Trinajstić information content (AvgIpc) is 2.62. The van der Waals surface area contributed by atoms with Gasteiger partial charge in [-0.05, 0) is 50.6 Å². The van der Waals surface area contributed by atoms with Crippen molar-refractivity contribution in [2.75, 3.05) is 18.0 Å². The van der Waals surface area contributed by atoms with Crippen LogP contribution in [0.5, 0.6) is 0 Å². The van der Waals surface area contributed by atoms with E-state index in [-0.39, 0.29) is 30.2 Å². The quantitative estimate of drug-likeness (QED) is 0.800. The Morgan fingerprint density at radius 3 is 2.42 bits per heavy atom. The Morgan fingerprint density at radius 1 is 1.04 bits per heavy atom. The Bertz CT molecular complexity index is 875. The minimum absolute atomic E-state index is 0.0260. The Balaban J connectivity index is 1.81. The highest BCUT2D eigenvalue weighted by molar-refractivity contribution is 6.03. The maximum absolute atomic E-state index is 12.9. The summed E-state index contributed by atoms with van der Waals surface area (Å²) in [6.45, 7) is 5.86. The van der Waals surface area contributed by atoms with Crippen LogP contribution in [0.4, 0.5) is 5.69 Å². The van der Waals surface area contributed by atoms with Crippen LogP contribution in [-0.4, -0.2) is 41.6 Å². The van der Waals surface area contributed by atoms with E-state index >= 15 is 0 Å². The van der Waals surface area contributed by atoms with Gasteiger partial charge in [-0.2, -0.15) is 0 Å². The number of hydrogen-bond acceptors (Lipinski definition) is 3. The third-order valence-corrected chi connectivity index (χ3v) is 4.68. The zero-order chi connectivity index (χ0) is 18.8. The molecule has 0 bridgehead atoms. The Labute approximate surface area is 153 Å². The molecule has 0 N–H and O–H groups in total. The van der Waals surface area contributed by atoms with Crippen molar-refractivity contribution in [1.82, 2.24) is 4.90 Å². The van der Waals surface area contributed by atoms with E-state index < -0.39 is 0 Å². The first-order valence-corrected chi connectivity index (χ1v) is 8.66. The van der Waals surface area contributed by atoms with Crippen molar-refractivity contribution in [3.8, 4) is 0 Å². The zero-order valence-electron chi connectivity index (χ0n) is 15.2. The highest BCUT2D eigenvalue weighted by Gasteiger charge is 2.33. The number of hydrogen-bond donors (Lipinski definition) is 0. The van der Waals surface area contributed by atoms with Crippen molar-refractivity contribution in [1.29, 1.82) is 0 Å². The van der Waals surface area contributed by atoms with E-state index in [0.717, 1.165) is 11.3 Å². The van der Waals surface area contributed by atoms with Crippen molar-refractivity contribution < 1.29 is 14.4 Å². The topological polar surface area (TPSA) is 57.7 Å². The summed E-state index contributed by atoms with van der Waals surface area (Å²) in [4.78, 5) is 40.4. The molecule has 134 valence electrons. The third-order valence-electron chi connectivity index (χ3n) is 4.68. The van der Waals surface area contributed by atoms with E-state index in [9.17, 15) is 14.4 Å². The lowest BCUT2D eigenvalue weighted by Gasteiger charge is -2.39. The molecule has 1 aliphatic rings. The van der Waals surface area contributed by atoms with Gasteiger partial charge in [-0.3, -0.25) is 14.4 Å². The molecule has 3 rings (SSSR count). The van der Waals surface area contributed by atoms with E-state index in [1.165, 1.54) is 6.92 Å². The maximum Gasteiger partial charge on any atom is 0.254 e. The minimum atomic E-state index is -0.224. The molecule has 0 spiro atoms. The monoisotopic (exact) mass is 350 g/mol. The Morgan fingerprint density at radius 2 is 1.73 bits per heavy atom. The van der Waals surface area contributed by atoms with Gasteiger partial charge in [0.2, 0.25) is 5.91 Å². The summed E-state index contributed by atoms with van der Waals surface area (Å²) in [6, 6.07) is 14.3. The number of carbonyl (C=O) groups excluding carboxylic acids is 3. The number of piperazine rings is 1. The van der Waals surface area contributed by atoms with Crippen LogP contribution < -0.4 is 4.90 Å². The van der Waals surface area contributed by atoms with E-state index in [1.54, 1.807) is 34.1 Å². The molecule has 1 fully saturated rings. The summed E-state index contributed by atoms with van der Waals surface area (Å²) >= 11 is 0. The second-order valence-electron chi connectivity index (χ2n) is 6.76. The predicted molar refractivity (Wildman–Crippen MR) is 100 cm³/mol. The molecule has 2 aromatic carbocycles. The molecule has 1 aliphatic heterocycles. The minimum Gasteiger partial charge on any atom is -0.325 e. The average molecular weight is 350 g/mol. The van der Waals surface area contributed by atoms with E-state index in [4.69, 9.17) is 0 Å². The fraction of sp³-hybridized carbons (Fsp3) is 0.286. The predicted octanol–water partition coefficient (Wildman–Crippen LogP) is 3.08. The lowest BCUT2D eigenvalue weighted by atomic mass is 10.0. The van der Waals surface area contributed by atoms with Crippen LogP contribution in [0.3, 0.4) is 0 Å². The number of amides is 2. The van der Waals surface area contributed by atoms with Crippen LogP contribution >= 0.6 is 0 Å². The molecule has 5 heteroatoms. The first-order valence-electron chi connectivity index (χ1n) is 8.66. The van der Waals surface area contributed by atoms with Crippen molar-refractivity contribution in [3.63, 3.8) is 0 Å². The number of anilines is 1. The molecular weight excluding hydrogens is 328 g/mol. The summed E-state index contributed by atoms with van der Waals surface area (Å²) in [6.07, 6.45) is 0. The molecular formula is C21H22N2O3. The number of Topliss-reactive ketones (excluding diaryl/α,β-unsaturated/α-hetero) is 1. The molecule has 1 saturated heterocycles. The first kappa shape index (κ1) is 17.9. The smallest absolute Gasteiger partial charge is 0.254 e. The van der Waals surface area contributed by atoms with Crippen molar-refractivity contribution in [2.24, 2.45) is 0 Å². The van der Waals surface area contributed by atoms with Gasteiger partial charge in [0.05, 0.1) is 0 Å². The van der Waals surface area contributed by atoms with Crippen LogP contribution in [0.1, 0.15) is 40.1 Å². The van der Waals surface area contributed by atoms with E-state index in [2.05, 4.69) is 0 Å². The summed E-state index contributed by atoms with van der Waals surface area (Å²) < 4.78 is 0. The zero-order valence-corrected chi connectivity index (χ0v) is 15.2. The summed E-state index contributed by atoms with van der Waals surface area (Å²) in [7, 11) is 0. The summed E-state index contributed by atoms with van der Waals surface area (Å²) in [5.41, 5.74) is 2.87. The van der Waals surface area contributed by atoms with Gasteiger partial charge in [0.25, 0.3) is 5.91 Å². The van der Waals surface area contributed by atoms with Crippen molar-refractivity contribution in [2.45, 2.75) is 26.8 Å². The number of rotatable bonds is 3. The molecule has 0 radical (unpaired) electrons. The summed E-state index contributed by atoms with van der Waals surface area (Å²) in [5, 5.41) is 0. The lowest BCUT2D eigenvalue weighted by molar-refractivity contribution is -0.121. The van der Waals surface area contributed by atoms with Crippen molar-refractivity contribution in [3.05, 3.63) is 65.2 Å². The molecule has 2 aromatic rings. The van der Waals surface area contributed by atoms with Gasteiger partial charge >= 0.3 is 0 Å². The second kappa shape index (κ2) is 7.12. The molecule has 5 nitrogen and oxygen atoms in total. The standard InChI is InChI=1S/C21H22N2O3/c1-14-6-4-9-19(10-14)23-12-15(2)22(13-20(23)25)21(26)18-8-5-7-17(11-18)16(3)24/h4-11,15H,12-13H2,1-3H3. The number of carbonyl (C=O) groups is 3. The number of aryl methyl sites for hydroxylation is 1. The van der Waals surface area contributed by atoms with Crippen LogP contribution in [0.15, 0.2) is 48.5 Å². The molecule has 1 atom stereocenters. The van der Waals surface area contributed by atoms with Gasteiger partial charge in [-0.15, -0.1) is 0 Å². The second-order valence-corrected chi connectivity index (χ2v) is 6.76. The highest BCUT2D eigenvalue weighted by atomic mass is 16.2. The fourth-order valence-corrected chi connectivity index (χ4v) is 3.21. The van der Waals surface area contributed by atoms with Gasteiger partial charge in [0.15, 0.2) is 5.78 Å². The van der Waals surface area contributed by atoms with Crippen LogP contribution in [0.2, 0.25) is 0 Å². The molecule has 26 heavy (non-hydrogen) atoms. The number of nitrogens with zero attached hydrogens (tertiary/aromatic N) is 2. The van der Waals surface area contributed by atoms with Crippen LogP contribution in [0.25, 0.3) is 0 Å². The highest BCUT2D eigenvalue weighted by Crippen LogP contribution is 2.22. The Hall–Kier alpha value is -2.95. The molecule has 1 heterocycles. The number of ketones is 1. The fourth-order valence-electron chi connectivity index (χ4n) is 3.21. The maximum atomic E-state index is 12.9. The molecule has 1 unspecified atom stereocenters. The molecule has 2 amide bonds. The number of benzene rings is 2. The van der Waals surface area contributed by atoms with Gasteiger partial charge in [0.1, 0.15) is 6.54 Å². The van der Waals surface area contributed by atoms with E-state index in [0.29, 0.717) is 17.7 Å². The molecule has 0 saturated carbocycles. The van der Waals surface area contributed by atoms with Gasteiger partial charge in [-0.1, -0.05) is 24.3 Å². The van der Waals surface area contributed by atoms with Crippen molar-refractivity contribution >= 4 is 23.3 Å². The van der Waals surface area contributed by atoms with Crippen LogP contribution in [0, 0.1) is 6.92 Å². The lowest BCUT2D eigenvalue weighted by Crippen LogP contribution is -2.57.